The van der Waals surface area contributed by atoms with Crippen LogP contribution in [0.2, 0.25) is 0 Å². The van der Waals surface area contributed by atoms with E-state index in [4.69, 9.17) is 0 Å². The van der Waals surface area contributed by atoms with E-state index in [1.54, 1.807) is 28.8 Å². The van der Waals surface area contributed by atoms with Crippen LogP contribution < -0.4 is 10.6 Å². The van der Waals surface area contributed by atoms with E-state index in [1.165, 1.54) is 18.2 Å². The van der Waals surface area contributed by atoms with E-state index >= 15 is 0 Å². The Bertz CT molecular complexity index is 949. The van der Waals surface area contributed by atoms with Gasteiger partial charge in [-0.1, -0.05) is 12.1 Å². The third kappa shape index (κ3) is 3.50. The number of hydrogen-bond donors (Lipinski definition) is 2. The van der Waals surface area contributed by atoms with Gasteiger partial charge in [-0.25, -0.2) is 9.37 Å². The number of imidazole rings is 1. The highest BCUT2D eigenvalue weighted by molar-refractivity contribution is 6.08. The Balaban J connectivity index is 2.00. The Morgan fingerprint density at radius 2 is 1.92 bits per heavy atom. The number of nitrogens with zero attached hydrogens (tertiary/aromatic N) is 2. The standard InChI is InChI=1S/C18H17FN4O2/c1-11(2)20-18(25)15-16(21-14-8-3-4-9-23(14)15)22-17(24)12-6-5-7-13(19)10-12/h3-11H,1-2H3,(H,20,25)(H,22,24). The molecule has 7 heteroatoms. The van der Waals surface area contributed by atoms with Crippen LogP contribution in [0.15, 0.2) is 48.7 Å². The molecule has 6 nitrogen and oxygen atoms in total. The first-order chi connectivity index (χ1) is 12.0. The second-order valence-electron chi connectivity index (χ2n) is 5.83. The molecule has 25 heavy (non-hydrogen) atoms. The van der Waals surface area contributed by atoms with E-state index < -0.39 is 11.7 Å². The molecule has 0 aliphatic rings. The molecular formula is C18H17FN4O2. The molecule has 0 bridgehead atoms. The topological polar surface area (TPSA) is 75.5 Å². The van der Waals surface area contributed by atoms with E-state index in [2.05, 4.69) is 15.6 Å². The fourth-order valence-electron chi connectivity index (χ4n) is 2.44. The maximum absolute atomic E-state index is 13.3. The molecule has 0 fully saturated rings. The highest BCUT2D eigenvalue weighted by Gasteiger charge is 2.21. The van der Waals surface area contributed by atoms with Crippen LogP contribution in [0.4, 0.5) is 10.2 Å². The fourth-order valence-corrected chi connectivity index (χ4v) is 2.44. The minimum Gasteiger partial charge on any atom is -0.348 e. The zero-order chi connectivity index (χ0) is 18.0. The molecule has 3 rings (SSSR count). The van der Waals surface area contributed by atoms with Gasteiger partial charge in [-0.3, -0.25) is 14.0 Å². The highest BCUT2D eigenvalue weighted by atomic mass is 19.1. The number of fused-ring (bicyclic) bond motifs is 1. The summed E-state index contributed by atoms with van der Waals surface area (Å²) in [5.74, 6) is -1.29. The van der Waals surface area contributed by atoms with Crippen molar-refractivity contribution in [2.24, 2.45) is 0 Å². The normalized spacial score (nSPS) is 10.9. The number of carbonyl (C=O) groups is 2. The molecule has 1 aromatic carbocycles. The average molecular weight is 340 g/mol. The van der Waals surface area contributed by atoms with Crippen molar-refractivity contribution in [3.8, 4) is 0 Å². The van der Waals surface area contributed by atoms with Crippen molar-refractivity contribution in [2.75, 3.05) is 5.32 Å². The van der Waals surface area contributed by atoms with E-state index in [0.29, 0.717) is 5.65 Å². The molecule has 0 spiro atoms. The lowest BCUT2D eigenvalue weighted by Gasteiger charge is -2.10. The van der Waals surface area contributed by atoms with Crippen molar-refractivity contribution >= 4 is 23.3 Å². The summed E-state index contributed by atoms with van der Waals surface area (Å²) in [5, 5.41) is 5.39. The van der Waals surface area contributed by atoms with E-state index in [-0.39, 0.29) is 29.0 Å². The van der Waals surface area contributed by atoms with E-state index in [0.717, 1.165) is 6.07 Å². The molecule has 0 unspecified atom stereocenters. The van der Waals surface area contributed by atoms with Gasteiger partial charge in [0.1, 0.15) is 11.5 Å². The fraction of sp³-hybridized carbons (Fsp3) is 0.167. The Morgan fingerprint density at radius 1 is 1.12 bits per heavy atom. The van der Waals surface area contributed by atoms with Crippen molar-refractivity contribution in [3.63, 3.8) is 0 Å². The zero-order valence-corrected chi connectivity index (χ0v) is 13.8. The maximum atomic E-state index is 13.3. The van der Waals surface area contributed by atoms with Crippen LogP contribution in [0.5, 0.6) is 0 Å². The maximum Gasteiger partial charge on any atom is 0.272 e. The molecule has 0 saturated carbocycles. The monoisotopic (exact) mass is 340 g/mol. The van der Waals surface area contributed by atoms with Crippen LogP contribution >= 0.6 is 0 Å². The molecule has 0 aliphatic heterocycles. The largest absolute Gasteiger partial charge is 0.348 e. The molecule has 0 radical (unpaired) electrons. The smallest absolute Gasteiger partial charge is 0.272 e. The second-order valence-corrected chi connectivity index (χ2v) is 5.83. The third-order valence-corrected chi connectivity index (χ3v) is 3.48. The van der Waals surface area contributed by atoms with Crippen molar-refractivity contribution in [1.29, 1.82) is 0 Å². The number of hydrogen-bond acceptors (Lipinski definition) is 3. The molecule has 0 saturated heterocycles. The quantitative estimate of drug-likeness (QED) is 0.767. The Hall–Kier alpha value is -3.22. The Labute approximate surface area is 143 Å². The number of halogens is 1. The summed E-state index contributed by atoms with van der Waals surface area (Å²) in [6.45, 7) is 3.68. The number of rotatable bonds is 4. The van der Waals surface area contributed by atoms with Gasteiger partial charge in [0.25, 0.3) is 11.8 Å². The minimum atomic E-state index is -0.540. The van der Waals surface area contributed by atoms with Gasteiger partial charge in [0, 0.05) is 17.8 Å². The Morgan fingerprint density at radius 3 is 2.64 bits per heavy atom. The summed E-state index contributed by atoms with van der Waals surface area (Å²) in [6, 6.07) is 10.5. The summed E-state index contributed by atoms with van der Waals surface area (Å²) < 4.78 is 14.9. The van der Waals surface area contributed by atoms with Gasteiger partial charge in [-0.15, -0.1) is 0 Å². The van der Waals surface area contributed by atoms with Crippen LogP contribution in [-0.2, 0) is 0 Å². The summed E-state index contributed by atoms with van der Waals surface area (Å²) in [7, 11) is 0. The van der Waals surface area contributed by atoms with Crippen molar-refractivity contribution in [3.05, 3.63) is 65.7 Å². The number of anilines is 1. The SMILES string of the molecule is CC(C)NC(=O)c1c(NC(=O)c2cccc(F)c2)nc2ccccn12. The summed E-state index contributed by atoms with van der Waals surface area (Å²) in [5.41, 5.74) is 0.882. The van der Waals surface area contributed by atoms with Crippen molar-refractivity contribution in [1.82, 2.24) is 14.7 Å². The summed E-state index contributed by atoms with van der Waals surface area (Å²) in [6.07, 6.45) is 1.69. The van der Waals surface area contributed by atoms with Gasteiger partial charge in [0.05, 0.1) is 0 Å². The van der Waals surface area contributed by atoms with Gasteiger partial charge >= 0.3 is 0 Å². The zero-order valence-electron chi connectivity index (χ0n) is 13.8. The number of nitrogens with one attached hydrogen (secondary N) is 2. The number of aromatic nitrogens is 2. The third-order valence-electron chi connectivity index (χ3n) is 3.48. The Kier molecular flexibility index (Phi) is 4.47. The van der Waals surface area contributed by atoms with Gasteiger partial charge in [0.15, 0.2) is 11.5 Å². The van der Waals surface area contributed by atoms with Crippen molar-refractivity contribution in [2.45, 2.75) is 19.9 Å². The van der Waals surface area contributed by atoms with Crippen molar-refractivity contribution < 1.29 is 14.0 Å². The lowest BCUT2D eigenvalue weighted by Crippen LogP contribution is -2.32. The number of pyridine rings is 1. The van der Waals surface area contributed by atoms with Crippen LogP contribution in [-0.4, -0.2) is 27.2 Å². The predicted molar refractivity (Wildman–Crippen MR) is 92.1 cm³/mol. The molecule has 3 aromatic rings. The lowest BCUT2D eigenvalue weighted by molar-refractivity contribution is 0.0938. The molecule has 0 atom stereocenters. The first kappa shape index (κ1) is 16.6. The molecule has 0 aliphatic carbocycles. The van der Waals surface area contributed by atoms with Gasteiger partial charge in [-0.05, 0) is 44.2 Å². The number of carbonyl (C=O) groups excluding carboxylic acids is 2. The highest BCUT2D eigenvalue weighted by Crippen LogP contribution is 2.19. The first-order valence-corrected chi connectivity index (χ1v) is 7.80. The number of amides is 2. The minimum absolute atomic E-state index is 0.0754. The molecule has 2 N–H and O–H groups in total. The first-order valence-electron chi connectivity index (χ1n) is 7.80. The van der Waals surface area contributed by atoms with E-state index in [9.17, 15) is 14.0 Å². The van der Waals surface area contributed by atoms with Crippen LogP contribution in [0.25, 0.3) is 5.65 Å². The summed E-state index contributed by atoms with van der Waals surface area (Å²) in [4.78, 5) is 29.2. The van der Waals surface area contributed by atoms with Gasteiger partial charge in [0.2, 0.25) is 0 Å². The molecule has 2 aromatic heterocycles. The van der Waals surface area contributed by atoms with Crippen LogP contribution in [0.3, 0.4) is 0 Å². The van der Waals surface area contributed by atoms with Crippen LogP contribution in [0, 0.1) is 5.82 Å². The molecule has 2 heterocycles. The summed E-state index contributed by atoms with van der Waals surface area (Å²) >= 11 is 0. The van der Waals surface area contributed by atoms with Gasteiger partial charge < -0.3 is 10.6 Å². The molecular weight excluding hydrogens is 323 g/mol. The predicted octanol–water partition coefficient (Wildman–Crippen LogP) is 2.86. The van der Waals surface area contributed by atoms with Gasteiger partial charge in [-0.2, -0.15) is 0 Å². The second kappa shape index (κ2) is 6.72. The average Bonchev–Trinajstić information content (AvgIpc) is 2.92. The van der Waals surface area contributed by atoms with E-state index in [1.807, 2.05) is 13.8 Å². The molecule has 128 valence electrons. The number of benzene rings is 1. The molecule has 2 amide bonds. The van der Waals surface area contributed by atoms with Crippen LogP contribution in [0.1, 0.15) is 34.7 Å². The lowest BCUT2D eigenvalue weighted by atomic mass is 10.2.